The third-order valence-corrected chi connectivity index (χ3v) is 3.63. The van der Waals surface area contributed by atoms with Gasteiger partial charge in [-0.3, -0.25) is 0 Å². The second kappa shape index (κ2) is 7.18. The van der Waals surface area contributed by atoms with E-state index < -0.39 is 23.8 Å². The predicted octanol–water partition coefficient (Wildman–Crippen LogP) is 2.23. The van der Waals surface area contributed by atoms with E-state index in [2.05, 4.69) is 20.8 Å². The molecule has 2 aromatic rings. The molecule has 8 nitrogen and oxygen atoms in total. The molecule has 0 aliphatic heterocycles. The molecular formula is C17H25N5O3. The maximum absolute atomic E-state index is 11.9. The number of hydrogen-bond donors (Lipinski definition) is 2. The molecule has 2 atom stereocenters. The number of amides is 1. The van der Waals surface area contributed by atoms with Crippen molar-refractivity contribution in [1.82, 2.24) is 25.5 Å². The molecule has 1 aromatic heterocycles. The van der Waals surface area contributed by atoms with Gasteiger partial charge in [0.05, 0.1) is 11.7 Å². The highest BCUT2D eigenvalue weighted by molar-refractivity contribution is 5.68. The number of para-hydroxylation sites is 1. The molecule has 1 aromatic carbocycles. The van der Waals surface area contributed by atoms with Gasteiger partial charge in [-0.25, -0.2) is 4.79 Å². The second-order valence-electron chi connectivity index (χ2n) is 7.07. The van der Waals surface area contributed by atoms with E-state index in [-0.39, 0.29) is 5.82 Å². The van der Waals surface area contributed by atoms with Crippen molar-refractivity contribution >= 4 is 6.09 Å². The van der Waals surface area contributed by atoms with E-state index in [4.69, 9.17) is 4.74 Å². The molecule has 0 saturated heterocycles. The lowest BCUT2D eigenvalue weighted by Gasteiger charge is -2.24. The average molecular weight is 347 g/mol. The summed E-state index contributed by atoms with van der Waals surface area (Å²) in [7, 11) is 0. The minimum Gasteiger partial charge on any atom is -0.444 e. The van der Waals surface area contributed by atoms with Crippen LogP contribution < -0.4 is 5.32 Å². The smallest absolute Gasteiger partial charge is 0.407 e. The lowest BCUT2D eigenvalue weighted by atomic mass is 10.1. The average Bonchev–Trinajstić information content (AvgIpc) is 2.93. The molecule has 1 amide bonds. The fraction of sp³-hybridized carbons (Fsp3) is 0.529. The molecule has 1 heterocycles. The first-order valence-electron chi connectivity index (χ1n) is 8.12. The molecule has 25 heavy (non-hydrogen) atoms. The number of aliphatic hydroxyl groups excluding tert-OH is 1. The maximum Gasteiger partial charge on any atom is 0.407 e. The normalized spacial score (nSPS) is 14.0. The molecule has 0 radical (unpaired) electrons. The summed E-state index contributed by atoms with van der Waals surface area (Å²) in [6, 6.07) is 5.20. The highest BCUT2D eigenvalue weighted by Crippen LogP contribution is 2.22. The Bertz CT molecular complexity index is 731. The maximum atomic E-state index is 11.9. The SMILES string of the molecule is Cc1cccc(C)c1-n1nnnc1[C@H](O)[C@H](C)NC(=O)OC(C)(C)C. The Balaban J connectivity index is 2.23. The fourth-order valence-electron chi connectivity index (χ4n) is 2.47. The van der Waals surface area contributed by atoms with Crippen LogP contribution in [0.15, 0.2) is 18.2 Å². The van der Waals surface area contributed by atoms with Gasteiger partial charge in [0.25, 0.3) is 0 Å². The summed E-state index contributed by atoms with van der Waals surface area (Å²) in [6.07, 6.45) is -1.70. The first kappa shape index (κ1) is 18.9. The number of tetrazole rings is 1. The zero-order valence-corrected chi connectivity index (χ0v) is 15.4. The van der Waals surface area contributed by atoms with Gasteiger partial charge in [0, 0.05) is 0 Å². The monoisotopic (exact) mass is 347 g/mol. The predicted molar refractivity (Wildman–Crippen MR) is 92.4 cm³/mol. The summed E-state index contributed by atoms with van der Waals surface area (Å²) in [4.78, 5) is 11.9. The third kappa shape index (κ3) is 4.54. The number of nitrogens with zero attached hydrogens (tertiary/aromatic N) is 4. The zero-order chi connectivity index (χ0) is 18.8. The topological polar surface area (TPSA) is 102 Å². The number of alkyl carbamates (subject to hydrolysis) is 1. The van der Waals surface area contributed by atoms with Gasteiger partial charge in [-0.2, -0.15) is 4.68 Å². The summed E-state index contributed by atoms with van der Waals surface area (Å²) in [6.45, 7) is 10.9. The third-order valence-electron chi connectivity index (χ3n) is 3.63. The van der Waals surface area contributed by atoms with Crippen molar-refractivity contribution in [3.8, 4) is 5.69 Å². The van der Waals surface area contributed by atoms with E-state index in [0.717, 1.165) is 16.8 Å². The molecule has 0 saturated carbocycles. The van der Waals surface area contributed by atoms with Crippen LogP contribution in [0.4, 0.5) is 4.79 Å². The van der Waals surface area contributed by atoms with Crippen molar-refractivity contribution in [2.75, 3.05) is 0 Å². The van der Waals surface area contributed by atoms with Crippen LogP contribution in [0, 0.1) is 13.8 Å². The van der Waals surface area contributed by atoms with E-state index in [1.54, 1.807) is 27.7 Å². The van der Waals surface area contributed by atoms with Crippen LogP contribution in [-0.4, -0.2) is 43.0 Å². The molecule has 0 bridgehead atoms. The van der Waals surface area contributed by atoms with Crippen molar-refractivity contribution in [2.24, 2.45) is 0 Å². The Hall–Kier alpha value is -2.48. The summed E-state index contributed by atoms with van der Waals surface area (Å²) >= 11 is 0. The first-order valence-corrected chi connectivity index (χ1v) is 8.12. The summed E-state index contributed by atoms with van der Waals surface area (Å²) < 4.78 is 6.71. The van der Waals surface area contributed by atoms with E-state index in [9.17, 15) is 9.90 Å². The Kier molecular flexibility index (Phi) is 5.42. The number of aromatic nitrogens is 4. The Labute approximate surface area is 147 Å². The Morgan fingerprint density at radius 2 is 1.88 bits per heavy atom. The van der Waals surface area contributed by atoms with Gasteiger partial charge in [0.1, 0.15) is 11.7 Å². The molecule has 0 spiro atoms. The van der Waals surface area contributed by atoms with E-state index >= 15 is 0 Å². The quantitative estimate of drug-likeness (QED) is 0.879. The van der Waals surface area contributed by atoms with Gasteiger partial charge in [-0.15, -0.1) is 5.10 Å². The van der Waals surface area contributed by atoms with Crippen molar-refractivity contribution in [3.63, 3.8) is 0 Å². The van der Waals surface area contributed by atoms with Crippen molar-refractivity contribution in [2.45, 2.75) is 59.3 Å². The van der Waals surface area contributed by atoms with E-state index in [0.29, 0.717) is 0 Å². The van der Waals surface area contributed by atoms with Gasteiger partial charge < -0.3 is 15.2 Å². The van der Waals surface area contributed by atoms with Crippen LogP contribution in [0.25, 0.3) is 5.69 Å². The number of aliphatic hydroxyl groups is 1. The molecule has 0 aliphatic carbocycles. The Morgan fingerprint density at radius 3 is 2.44 bits per heavy atom. The summed E-state index contributed by atoms with van der Waals surface area (Å²) in [5.74, 6) is 0.251. The summed E-state index contributed by atoms with van der Waals surface area (Å²) in [5.41, 5.74) is 2.15. The number of nitrogens with one attached hydrogen (secondary N) is 1. The molecule has 0 fully saturated rings. The number of ether oxygens (including phenoxy) is 1. The van der Waals surface area contributed by atoms with Gasteiger partial charge in [0.15, 0.2) is 5.82 Å². The van der Waals surface area contributed by atoms with Crippen LogP contribution in [-0.2, 0) is 4.74 Å². The number of rotatable bonds is 4. The second-order valence-corrected chi connectivity index (χ2v) is 7.07. The molecule has 8 heteroatoms. The number of carbonyl (C=O) groups excluding carboxylic acids is 1. The van der Waals surface area contributed by atoms with E-state index in [1.807, 2.05) is 32.0 Å². The molecule has 0 unspecified atom stereocenters. The van der Waals surface area contributed by atoms with Crippen LogP contribution in [0.2, 0.25) is 0 Å². The Morgan fingerprint density at radius 1 is 1.28 bits per heavy atom. The minimum atomic E-state index is -1.10. The van der Waals surface area contributed by atoms with Gasteiger partial charge in [0.2, 0.25) is 0 Å². The lowest BCUT2D eigenvalue weighted by Crippen LogP contribution is -2.41. The van der Waals surface area contributed by atoms with E-state index in [1.165, 1.54) is 4.68 Å². The number of benzene rings is 1. The first-order chi connectivity index (χ1) is 11.6. The minimum absolute atomic E-state index is 0.251. The van der Waals surface area contributed by atoms with Crippen molar-refractivity contribution < 1.29 is 14.6 Å². The highest BCUT2D eigenvalue weighted by Gasteiger charge is 2.27. The van der Waals surface area contributed by atoms with Gasteiger partial charge in [-0.1, -0.05) is 18.2 Å². The van der Waals surface area contributed by atoms with Crippen LogP contribution in [0.5, 0.6) is 0 Å². The fourth-order valence-corrected chi connectivity index (χ4v) is 2.47. The standard InChI is InChI=1S/C17H25N5O3/c1-10-8-7-9-11(2)13(10)22-15(19-20-21-22)14(23)12(3)18-16(24)25-17(4,5)6/h7-9,12,14,23H,1-6H3,(H,18,24)/t12-,14+/m0/s1. The molecule has 136 valence electrons. The molecule has 2 rings (SSSR count). The number of aryl methyl sites for hydroxylation is 2. The summed E-state index contributed by atoms with van der Waals surface area (Å²) in [5, 5.41) is 24.8. The van der Waals surface area contributed by atoms with Crippen molar-refractivity contribution in [3.05, 3.63) is 35.2 Å². The molecular weight excluding hydrogens is 322 g/mol. The molecule has 0 aliphatic rings. The lowest BCUT2D eigenvalue weighted by molar-refractivity contribution is 0.0426. The van der Waals surface area contributed by atoms with Gasteiger partial charge >= 0.3 is 6.09 Å². The van der Waals surface area contributed by atoms with Crippen LogP contribution in [0.3, 0.4) is 0 Å². The number of carbonyl (C=O) groups is 1. The zero-order valence-electron chi connectivity index (χ0n) is 15.4. The number of hydrogen-bond acceptors (Lipinski definition) is 6. The molecule has 2 N–H and O–H groups in total. The highest BCUT2D eigenvalue weighted by atomic mass is 16.6. The van der Waals surface area contributed by atoms with Crippen LogP contribution >= 0.6 is 0 Å². The van der Waals surface area contributed by atoms with Crippen LogP contribution in [0.1, 0.15) is 50.8 Å². The largest absolute Gasteiger partial charge is 0.444 e. The van der Waals surface area contributed by atoms with Crippen molar-refractivity contribution in [1.29, 1.82) is 0 Å². The van der Waals surface area contributed by atoms with Gasteiger partial charge in [-0.05, 0) is 63.1 Å².